The summed E-state index contributed by atoms with van der Waals surface area (Å²) in [7, 11) is 1.22. The maximum Gasteiger partial charge on any atom is 0.433 e. The van der Waals surface area contributed by atoms with Crippen LogP contribution in [-0.4, -0.2) is 42.8 Å². The smallest absolute Gasteiger partial charge is 0.433 e. The first-order valence-electron chi connectivity index (χ1n) is 8.12. The minimum Gasteiger partial charge on any atom is -0.494 e. The Balaban J connectivity index is 1.81. The van der Waals surface area contributed by atoms with Crippen molar-refractivity contribution >= 4 is 11.7 Å². The van der Waals surface area contributed by atoms with Crippen molar-refractivity contribution in [3.63, 3.8) is 0 Å². The van der Waals surface area contributed by atoms with Crippen molar-refractivity contribution in [2.45, 2.75) is 19.1 Å². The highest BCUT2D eigenvalue weighted by Crippen LogP contribution is 2.34. The summed E-state index contributed by atoms with van der Waals surface area (Å²) < 4.78 is 54.4. The molecule has 0 aromatic carbocycles. The predicted molar refractivity (Wildman–Crippen MR) is 88.5 cm³/mol. The van der Waals surface area contributed by atoms with Crippen LogP contribution in [0, 0.1) is 6.92 Å². The minimum absolute atomic E-state index is 0.0383. The van der Waals surface area contributed by atoms with E-state index in [-0.39, 0.29) is 18.0 Å². The molecule has 0 bridgehead atoms. The molecule has 1 atom stereocenters. The van der Waals surface area contributed by atoms with E-state index in [4.69, 9.17) is 13.9 Å². The number of aromatic nitrogens is 1. The summed E-state index contributed by atoms with van der Waals surface area (Å²) in [6.07, 6.45) is -3.69. The number of ether oxygens (including phenoxy) is 2. The Labute approximate surface area is 153 Å². The molecule has 146 valence electrons. The number of carbonyl (C=O) groups is 1. The van der Waals surface area contributed by atoms with Crippen molar-refractivity contribution in [2.75, 3.05) is 32.2 Å². The summed E-state index contributed by atoms with van der Waals surface area (Å²) >= 11 is 0. The number of urea groups is 1. The number of nitrogens with zero attached hydrogens (tertiary/aromatic N) is 2. The maximum atomic E-state index is 12.8. The standard InChI is InChI=1S/C17H18F3N3O4/c1-10-3-4-13(27-10)12-9-26-6-5-23(12)16(24)22-11-8-21-15(17(18,19)20)7-14(11)25-2/h3-4,7-8,12H,5-6,9H2,1-2H3,(H,22,24)/t12-/m0/s1. The van der Waals surface area contributed by atoms with Gasteiger partial charge in [-0.2, -0.15) is 13.2 Å². The van der Waals surface area contributed by atoms with Crippen LogP contribution in [0.15, 0.2) is 28.8 Å². The molecule has 3 heterocycles. The van der Waals surface area contributed by atoms with Gasteiger partial charge in [-0.25, -0.2) is 9.78 Å². The minimum atomic E-state index is -4.61. The molecule has 0 saturated carbocycles. The van der Waals surface area contributed by atoms with Gasteiger partial charge in [0.05, 0.1) is 26.5 Å². The van der Waals surface area contributed by atoms with Gasteiger partial charge >= 0.3 is 12.2 Å². The summed E-state index contributed by atoms with van der Waals surface area (Å²) in [5.74, 6) is 1.13. The summed E-state index contributed by atoms with van der Waals surface area (Å²) in [6, 6.07) is 3.32. The lowest BCUT2D eigenvalue weighted by molar-refractivity contribution is -0.141. The lowest BCUT2D eigenvalue weighted by atomic mass is 10.2. The molecule has 2 aromatic heterocycles. The van der Waals surface area contributed by atoms with Crippen molar-refractivity contribution in [3.8, 4) is 5.75 Å². The van der Waals surface area contributed by atoms with Crippen LogP contribution in [-0.2, 0) is 10.9 Å². The Morgan fingerprint density at radius 3 is 2.81 bits per heavy atom. The largest absolute Gasteiger partial charge is 0.494 e. The number of furan rings is 1. The number of halogens is 3. The first-order chi connectivity index (χ1) is 12.8. The monoisotopic (exact) mass is 385 g/mol. The van der Waals surface area contributed by atoms with Crippen LogP contribution in [0.2, 0.25) is 0 Å². The molecule has 1 fully saturated rings. The van der Waals surface area contributed by atoms with Gasteiger partial charge in [0, 0.05) is 12.6 Å². The van der Waals surface area contributed by atoms with E-state index in [0.29, 0.717) is 24.7 Å². The molecule has 1 saturated heterocycles. The van der Waals surface area contributed by atoms with Crippen LogP contribution in [0.5, 0.6) is 5.75 Å². The molecule has 1 N–H and O–H groups in total. The van der Waals surface area contributed by atoms with Gasteiger partial charge in [0.1, 0.15) is 34.7 Å². The van der Waals surface area contributed by atoms with Crippen LogP contribution >= 0.6 is 0 Å². The van der Waals surface area contributed by atoms with Crippen LogP contribution in [0.4, 0.5) is 23.7 Å². The third-order valence-electron chi connectivity index (χ3n) is 4.10. The van der Waals surface area contributed by atoms with Crippen molar-refractivity contribution in [3.05, 3.63) is 41.6 Å². The highest BCUT2D eigenvalue weighted by atomic mass is 19.4. The van der Waals surface area contributed by atoms with E-state index in [9.17, 15) is 18.0 Å². The van der Waals surface area contributed by atoms with Gasteiger partial charge < -0.3 is 24.1 Å². The van der Waals surface area contributed by atoms with Crippen LogP contribution in [0.25, 0.3) is 0 Å². The average molecular weight is 385 g/mol. The SMILES string of the molecule is COc1cc(C(F)(F)F)ncc1NC(=O)N1CCOC[C@H]1c1ccc(C)o1. The Bertz CT molecular complexity index is 822. The molecule has 27 heavy (non-hydrogen) atoms. The molecular formula is C17H18F3N3O4. The zero-order valence-electron chi connectivity index (χ0n) is 14.7. The van der Waals surface area contributed by atoms with Gasteiger partial charge in [-0.05, 0) is 19.1 Å². The predicted octanol–water partition coefficient (Wildman–Crippen LogP) is 3.62. The number of nitrogens with one attached hydrogen (secondary N) is 1. The molecular weight excluding hydrogens is 367 g/mol. The second kappa shape index (κ2) is 7.47. The maximum absolute atomic E-state index is 12.8. The molecule has 7 nitrogen and oxygen atoms in total. The molecule has 2 amide bonds. The van der Waals surface area contributed by atoms with E-state index < -0.39 is 23.9 Å². The number of pyridine rings is 1. The number of rotatable bonds is 3. The molecule has 10 heteroatoms. The third kappa shape index (κ3) is 4.16. The number of methoxy groups -OCH3 is 1. The molecule has 3 rings (SSSR count). The number of anilines is 1. The number of alkyl halides is 3. The summed E-state index contributed by atoms with van der Waals surface area (Å²) in [4.78, 5) is 17.6. The fourth-order valence-electron chi connectivity index (χ4n) is 2.76. The van der Waals surface area contributed by atoms with Crippen molar-refractivity contribution in [1.29, 1.82) is 0 Å². The van der Waals surface area contributed by atoms with Gasteiger partial charge in [0.25, 0.3) is 0 Å². The molecule has 2 aromatic rings. The fourth-order valence-corrected chi connectivity index (χ4v) is 2.76. The average Bonchev–Trinajstić information content (AvgIpc) is 3.07. The van der Waals surface area contributed by atoms with Gasteiger partial charge in [0.2, 0.25) is 0 Å². The van der Waals surface area contributed by atoms with Crippen LogP contribution in [0.1, 0.15) is 23.3 Å². The van der Waals surface area contributed by atoms with E-state index in [1.54, 1.807) is 19.1 Å². The van der Waals surface area contributed by atoms with Crippen molar-refractivity contribution in [2.24, 2.45) is 0 Å². The van der Waals surface area contributed by atoms with E-state index in [2.05, 4.69) is 10.3 Å². The van der Waals surface area contributed by atoms with Gasteiger partial charge in [-0.15, -0.1) is 0 Å². The number of carbonyl (C=O) groups excluding carboxylic acids is 1. The summed E-state index contributed by atoms with van der Waals surface area (Å²) in [5.41, 5.74) is -1.07. The lowest BCUT2D eigenvalue weighted by Gasteiger charge is -2.34. The third-order valence-corrected chi connectivity index (χ3v) is 4.10. The molecule has 0 spiro atoms. The van der Waals surface area contributed by atoms with Crippen molar-refractivity contribution < 1.29 is 31.9 Å². The summed E-state index contributed by atoms with van der Waals surface area (Å²) in [5, 5.41) is 2.55. The Morgan fingerprint density at radius 2 is 2.19 bits per heavy atom. The topological polar surface area (TPSA) is 76.8 Å². The number of hydrogen-bond acceptors (Lipinski definition) is 5. The number of aryl methyl sites for hydroxylation is 1. The second-order valence-corrected chi connectivity index (χ2v) is 5.93. The molecule has 0 radical (unpaired) electrons. The van der Waals surface area contributed by atoms with Gasteiger partial charge in [-0.3, -0.25) is 0 Å². The number of morpholine rings is 1. The van der Waals surface area contributed by atoms with Gasteiger partial charge in [-0.1, -0.05) is 0 Å². The lowest BCUT2D eigenvalue weighted by Crippen LogP contribution is -2.45. The fraction of sp³-hybridized carbons (Fsp3) is 0.412. The van der Waals surface area contributed by atoms with Crippen LogP contribution in [0.3, 0.4) is 0 Å². The van der Waals surface area contributed by atoms with E-state index in [0.717, 1.165) is 12.3 Å². The second-order valence-electron chi connectivity index (χ2n) is 5.93. The van der Waals surface area contributed by atoms with E-state index in [1.807, 2.05) is 0 Å². The highest BCUT2D eigenvalue weighted by molar-refractivity contribution is 5.91. The van der Waals surface area contributed by atoms with E-state index >= 15 is 0 Å². The normalized spacial score (nSPS) is 17.7. The van der Waals surface area contributed by atoms with E-state index in [1.165, 1.54) is 12.0 Å². The summed E-state index contributed by atoms with van der Waals surface area (Å²) in [6.45, 7) is 2.68. The molecule has 0 aliphatic carbocycles. The Hall–Kier alpha value is -2.75. The number of hydrogen-bond donors (Lipinski definition) is 1. The van der Waals surface area contributed by atoms with Crippen LogP contribution < -0.4 is 10.1 Å². The zero-order valence-corrected chi connectivity index (χ0v) is 14.7. The first kappa shape index (κ1) is 19.0. The van der Waals surface area contributed by atoms with Crippen molar-refractivity contribution in [1.82, 2.24) is 9.88 Å². The zero-order chi connectivity index (χ0) is 19.6. The quantitative estimate of drug-likeness (QED) is 0.873. The molecule has 0 unspecified atom stereocenters. The molecule has 1 aliphatic rings. The Kier molecular flexibility index (Phi) is 5.26. The highest BCUT2D eigenvalue weighted by Gasteiger charge is 2.34. The Morgan fingerprint density at radius 1 is 1.41 bits per heavy atom. The van der Waals surface area contributed by atoms with Gasteiger partial charge in [0.15, 0.2) is 0 Å². The number of amides is 2. The first-order valence-corrected chi connectivity index (χ1v) is 8.12. The molecule has 1 aliphatic heterocycles.